The van der Waals surface area contributed by atoms with E-state index < -0.39 is 0 Å². The van der Waals surface area contributed by atoms with Crippen LogP contribution in [0.1, 0.15) is 13.8 Å². The van der Waals surface area contributed by atoms with Crippen molar-refractivity contribution in [3.05, 3.63) is 0 Å². The molecule has 0 amide bonds. The number of rotatable bonds is 6. The number of hydrogen-bond acceptors (Lipinski definition) is 3. The summed E-state index contributed by atoms with van der Waals surface area (Å²) in [6, 6.07) is 0. The summed E-state index contributed by atoms with van der Waals surface area (Å²) >= 11 is 0. The Balaban J connectivity index is 3.09. The zero-order chi connectivity index (χ0) is 7.82. The molecule has 0 radical (unpaired) electrons. The van der Waals surface area contributed by atoms with Gasteiger partial charge < -0.3 is 9.74 Å². The summed E-state index contributed by atoms with van der Waals surface area (Å²) < 4.78 is 0. The molecule has 1 N–H and O–H groups in total. The van der Waals surface area contributed by atoms with Gasteiger partial charge >= 0.3 is 0 Å². The van der Waals surface area contributed by atoms with E-state index in [1.54, 1.807) is 7.05 Å². The molecular weight excluding hydrogens is 128 g/mol. The molecule has 0 saturated carbocycles. The highest BCUT2D eigenvalue weighted by Gasteiger charge is 1.96. The first kappa shape index (κ1) is 9.88. The lowest BCUT2D eigenvalue weighted by molar-refractivity contribution is 0.0422. The van der Waals surface area contributed by atoms with Gasteiger partial charge in [0, 0.05) is 13.6 Å². The molecule has 0 aromatic carbocycles. The second-order valence-corrected chi connectivity index (χ2v) is 2.08. The Bertz CT molecular complexity index is 64.6. The predicted octanol–water partition coefficient (Wildman–Crippen LogP) is 0.479. The highest BCUT2D eigenvalue weighted by molar-refractivity contribution is 4.48. The first-order valence-corrected chi connectivity index (χ1v) is 3.86. The summed E-state index contributed by atoms with van der Waals surface area (Å²) in [4.78, 5) is 7.29. The maximum Gasteiger partial charge on any atom is 0.0809 e. The summed E-state index contributed by atoms with van der Waals surface area (Å²) in [5, 5.41) is 0. The van der Waals surface area contributed by atoms with Crippen LogP contribution in [-0.2, 0) is 4.84 Å². The number of likely N-dealkylation sites (N-methyl/N-ethyl adjacent to an activating group) is 1. The first-order chi connectivity index (χ1) is 4.85. The average Bonchev–Trinajstić information content (AvgIpc) is 1.99. The van der Waals surface area contributed by atoms with E-state index in [0.717, 1.165) is 26.2 Å². The normalized spacial score (nSPS) is 10.8. The predicted molar refractivity (Wildman–Crippen MR) is 42.8 cm³/mol. The Hall–Kier alpha value is -0.120. The molecule has 62 valence electrons. The van der Waals surface area contributed by atoms with Gasteiger partial charge in [-0.15, -0.1) is 0 Å². The van der Waals surface area contributed by atoms with E-state index >= 15 is 0 Å². The third-order valence-electron chi connectivity index (χ3n) is 1.55. The van der Waals surface area contributed by atoms with Crippen molar-refractivity contribution in [3.63, 3.8) is 0 Å². The van der Waals surface area contributed by atoms with Crippen molar-refractivity contribution in [1.82, 2.24) is 10.4 Å². The second-order valence-electron chi connectivity index (χ2n) is 2.08. The van der Waals surface area contributed by atoms with E-state index in [9.17, 15) is 0 Å². The van der Waals surface area contributed by atoms with Crippen LogP contribution in [0, 0.1) is 0 Å². The smallest absolute Gasteiger partial charge is 0.0809 e. The van der Waals surface area contributed by atoms with Gasteiger partial charge in [-0.25, -0.2) is 5.48 Å². The topological polar surface area (TPSA) is 24.5 Å². The van der Waals surface area contributed by atoms with Crippen LogP contribution < -0.4 is 5.48 Å². The van der Waals surface area contributed by atoms with Gasteiger partial charge in [-0.1, -0.05) is 13.8 Å². The van der Waals surface area contributed by atoms with Gasteiger partial charge in [0.05, 0.1) is 6.61 Å². The summed E-state index contributed by atoms with van der Waals surface area (Å²) in [5.74, 6) is 0. The fourth-order valence-corrected chi connectivity index (χ4v) is 0.817. The molecule has 0 fully saturated rings. The Morgan fingerprint density at radius 1 is 1.30 bits per heavy atom. The van der Waals surface area contributed by atoms with Crippen molar-refractivity contribution >= 4 is 0 Å². The van der Waals surface area contributed by atoms with E-state index in [1.165, 1.54) is 0 Å². The fraction of sp³-hybridized carbons (Fsp3) is 1.00. The second kappa shape index (κ2) is 6.99. The van der Waals surface area contributed by atoms with E-state index in [-0.39, 0.29) is 0 Å². The molecule has 0 spiro atoms. The molecule has 3 heteroatoms. The summed E-state index contributed by atoms with van der Waals surface area (Å²) in [6.07, 6.45) is 0. The quantitative estimate of drug-likeness (QED) is 0.436. The van der Waals surface area contributed by atoms with Crippen LogP contribution in [0.15, 0.2) is 0 Å². The highest BCUT2D eigenvalue weighted by Crippen LogP contribution is 1.84. The maximum atomic E-state index is 4.98. The minimum absolute atomic E-state index is 0.762. The van der Waals surface area contributed by atoms with Crippen LogP contribution in [-0.4, -0.2) is 38.2 Å². The number of nitrogens with zero attached hydrogens (tertiary/aromatic N) is 1. The van der Waals surface area contributed by atoms with Crippen LogP contribution in [0.4, 0.5) is 0 Å². The number of hydrogen-bond donors (Lipinski definition) is 1. The van der Waals surface area contributed by atoms with Crippen molar-refractivity contribution in [2.45, 2.75) is 13.8 Å². The first-order valence-electron chi connectivity index (χ1n) is 3.86. The van der Waals surface area contributed by atoms with E-state index in [4.69, 9.17) is 4.84 Å². The molecule has 0 aliphatic rings. The van der Waals surface area contributed by atoms with Gasteiger partial charge in [-0.2, -0.15) is 0 Å². The summed E-state index contributed by atoms with van der Waals surface area (Å²) in [5.41, 5.74) is 2.64. The van der Waals surface area contributed by atoms with Crippen LogP contribution >= 0.6 is 0 Å². The van der Waals surface area contributed by atoms with E-state index in [2.05, 4.69) is 24.2 Å². The van der Waals surface area contributed by atoms with Gasteiger partial charge in [-0.05, 0) is 13.1 Å². The van der Waals surface area contributed by atoms with Gasteiger partial charge in [0.1, 0.15) is 0 Å². The largest absolute Gasteiger partial charge is 0.302 e. The monoisotopic (exact) mass is 146 g/mol. The lowest BCUT2D eigenvalue weighted by Crippen LogP contribution is -2.28. The van der Waals surface area contributed by atoms with Crippen LogP contribution in [0.3, 0.4) is 0 Å². The van der Waals surface area contributed by atoms with Gasteiger partial charge in [-0.3, -0.25) is 0 Å². The zero-order valence-corrected chi connectivity index (χ0v) is 7.18. The minimum Gasteiger partial charge on any atom is -0.302 e. The highest BCUT2D eigenvalue weighted by atomic mass is 16.6. The average molecular weight is 146 g/mol. The third-order valence-corrected chi connectivity index (χ3v) is 1.55. The molecule has 0 aliphatic carbocycles. The Morgan fingerprint density at radius 3 is 2.30 bits per heavy atom. The molecular formula is C7H18N2O. The molecule has 0 bridgehead atoms. The van der Waals surface area contributed by atoms with E-state index in [1.807, 2.05) is 0 Å². The van der Waals surface area contributed by atoms with Crippen molar-refractivity contribution in [1.29, 1.82) is 0 Å². The van der Waals surface area contributed by atoms with Crippen LogP contribution in [0.25, 0.3) is 0 Å². The Labute approximate surface area is 63.3 Å². The lowest BCUT2D eigenvalue weighted by Gasteiger charge is -2.16. The van der Waals surface area contributed by atoms with Crippen molar-refractivity contribution in [3.8, 4) is 0 Å². The SMILES string of the molecule is CCN(CC)CCONC. The van der Waals surface area contributed by atoms with E-state index in [0.29, 0.717) is 0 Å². The minimum atomic E-state index is 0.762. The van der Waals surface area contributed by atoms with Crippen LogP contribution in [0.5, 0.6) is 0 Å². The standard InChI is InChI=1S/C7H18N2O/c1-4-9(5-2)6-7-10-8-3/h8H,4-7H2,1-3H3. The third kappa shape index (κ3) is 4.73. The molecule has 3 nitrogen and oxygen atoms in total. The van der Waals surface area contributed by atoms with Crippen LogP contribution in [0.2, 0.25) is 0 Å². The molecule has 10 heavy (non-hydrogen) atoms. The summed E-state index contributed by atoms with van der Waals surface area (Å²) in [6.45, 7) is 8.28. The zero-order valence-electron chi connectivity index (χ0n) is 7.18. The molecule has 0 aromatic heterocycles. The van der Waals surface area contributed by atoms with Gasteiger partial charge in [0.25, 0.3) is 0 Å². The van der Waals surface area contributed by atoms with Gasteiger partial charge in [0.2, 0.25) is 0 Å². The molecule has 0 heterocycles. The number of nitrogens with one attached hydrogen (secondary N) is 1. The molecule has 0 saturated heterocycles. The molecule has 0 aromatic rings. The molecule has 0 unspecified atom stereocenters. The van der Waals surface area contributed by atoms with Crippen molar-refractivity contribution in [2.75, 3.05) is 33.3 Å². The maximum absolute atomic E-state index is 4.98. The molecule has 0 aliphatic heterocycles. The Morgan fingerprint density at radius 2 is 1.90 bits per heavy atom. The van der Waals surface area contributed by atoms with Gasteiger partial charge in [0.15, 0.2) is 0 Å². The summed E-state index contributed by atoms with van der Waals surface area (Å²) in [7, 11) is 1.78. The number of hydroxylamine groups is 1. The Kier molecular flexibility index (Phi) is 6.91. The molecule has 0 rings (SSSR count). The van der Waals surface area contributed by atoms with Crippen molar-refractivity contribution < 1.29 is 4.84 Å². The van der Waals surface area contributed by atoms with Crippen molar-refractivity contribution in [2.24, 2.45) is 0 Å². The fourth-order valence-electron chi connectivity index (χ4n) is 0.817. The lowest BCUT2D eigenvalue weighted by atomic mass is 10.5. The molecule has 0 atom stereocenters.